The lowest BCUT2D eigenvalue weighted by molar-refractivity contribution is 0.0687. The number of nitrogens with one attached hydrogen (secondary N) is 1. The van der Waals surface area contributed by atoms with Crippen molar-refractivity contribution in [3.63, 3.8) is 0 Å². The Balaban J connectivity index is 1.82. The molecular formula is C25H30N2O3S. The Morgan fingerprint density at radius 3 is 1.94 bits per heavy atom. The van der Waals surface area contributed by atoms with Crippen LogP contribution in [0.2, 0.25) is 0 Å². The fourth-order valence-corrected chi connectivity index (χ4v) is 4.71. The first-order valence-electron chi connectivity index (χ1n) is 10.3. The monoisotopic (exact) mass is 438 g/mol. The first kappa shape index (κ1) is 23.2. The molecule has 0 unspecified atom stereocenters. The Labute approximate surface area is 185 Å². The van der Waals surface area contributed by atoms with Crippen LogP contribution in [0.3, 0.4) is 0 Å². The van der Waals surface area contributed by atoms with Gasteiger partial charge in [-0.3, -0.25) is 4.90 Å². The topological polar surface area (TPSA) is 69.6 Å². The third-order valence-corrected chi connectivity index (χ3v) is 7.08. The van der Waals surface area contributed by atoms with Gasteiger partial charge in [0, 0.05) is 12.6 Å². The summed E-state index contributed by atoms with van der Waals surface area (Å²) in [5.41, 5.74) is 2.70. The van der Waals surface area contributed by atoms with Crippen LogP contribution in [0.15, 0.2) is 89.8 Å². The molecule has 2 N–H and O–H groups in total. The minimum atomic E-state index is -3.71. The number of benzene rings is 3. The van der Waals surface area contributed by atoms with E-state index in [9.17, 15) is 13.5 Å². The first-order valence-corrected chi connectivity index (χ1v) is 11.8. The van der Waals surface area contributed by atoms with Crippen molar-refractivity contribution in [1.29, 1.82) is 0 Å². The van der Waals surface area contributed by atoms with Crippen LogP contribution in [0.25, 0.3) is 0 Å². The molecule has 5 nitrogen and oxygen atoms in total. The molecule has 3 atom stereocenters. The molecule has 0 aliphatic carbocycles. The summed E-state index contributed by atoms with van der Waals surface area (Å²) in [7, 11) is -1.81. The first-order chi connectivity index (χ1) is 14.8. The normalized spacial score (nSPS) is 14.9. The molecule has 0 aliphatic heterocycles. The number of aliphatic hydroxyl groups excluding tert-OH is 1. The Morgan fingerprint density at radius 1 is 0.871 bits per heavy atom. The molecule has 0 aromatic heterocycles. The van der Waals surface area contributed by atoms with Crippen LogP contribution in [-0.2, 0) is 10.0 Å². The van der Waals surface area contributed by atoms with Gasteiger partial charge in [-0.05, 0) is 44.2 Å². The van der Waals surface area contributed by atoms with Crippen LogP contribution in [0.4, 0.5) is 0 Å². The highest BCUT2D eigenvalue weighted by atomic mass is 32.2. The maximum Gasteiger partial charge on any atom is 0.241 e. The van der Waals surface area contributed by atoms with Gasteiger partial charge in [0.05, 0.1) is 17.0 Å². The molecule has 3 aromatic rings. The van der Waals surface area contributed by atoms with Gasteiger partial charge in [-0.2, -0.15) is 0 Å². The predicted octanol–water partition coefficient (Wildman–Crippen LogP) is 4.07. The van der Waals surface area contributed by atoms with Crippen molar-refractivity contribution < 1.29 is 13.5 Å². The lowest BCUT2D eigenvalue weighted by Crippen LogP contribution is -2.42. The number of hydrogen-bond donors (Lipinski definition) is 2. The molecule has 0 saturated carbocycles. The SMILES string of the molecule is Cc1ccc(S(=O)(=O)N[C@@H](CN(C)[C@@H](C)[C@H](O)c2ccccc2)c2ccccc2)cc1. The quantitative estimate of drug-likeness (QED) is 0.528. The Morgan fingerprint density at radius 2 is 1.39 bits per heavy atom. The summed E-state index contributed by atoms with van der Waals surface area (Å²) in [5.74, 6) is 0. The maximum atomic E-state index is 13.1. The third kappa shape index (κ3) is 6.02. The van der Waals surface area contributed by atoms with Crippen molar-refractivity contribution in [3.05, 3.63) is 102 Å². The fourth-order valence-electron chi connectivity index (χ4n) is 3.49. The molecule has 31 heavy (non-hydrogen) atoms. The van der Waals surface area contributed by atoms with E-state index in [2.05, 4.69) is 4.72 Å². The highest BCUT2D eigenvalue weighted by Crippen LogP contribution is 2.24. The molecule has 3 rings (SSSR count). The van der Waals surface area contributed by atoms with Gasteiger partial charge >= 0.3 is 0 Å². The second-order valence-corrected chi connectivity index (χ2v) is 9.65. The van der Waals surface area contributed by atoms with Crippen molar-refractivity contribution in [1.82, 2.24) is 9.62 Å². The molecule has 0 spiro atoms. The van der Waals surface area contributed by atoms with Gasteiger partial charge in [-0.15, -0.1) is 0 Å². The Kier molecular flexibility index (Phi) is 7.62. The number of nitrogens with zero attached hydrogens (tertiary/aromatic N) is 1. The van der Waals surface area contributed by atoms with E-state index in [4.69, 9.17) is 0 Å². The summed E-state index contributed by atoms with van der Waals surface area (Å²) in [6.45, 7) is 4.26. The number of likely N-dealkylation sites (N-methyl/N-ethyl adjacent to an activating group) is 1. The smallest absolute Gasteiger partial charge is 0.241 e. The van der Waals surface area contributed by atoms with Crippen LogP contribution in [0.1, 0.15) is 35.8 Å². The van der Waals surface area contributed by atoms with Crippen molar-refractivity contribution in [2.24, 2.45) is 0 Å². The van der Waals surface area contributed by atoms with E-state index in [1.54, 1.807) is 24.3 Å². The molecule has 0 bridgehead atoms. The number of aryl methyl sites for hydroxylation is 1. The van der Waals surface area contributed by atoms with Gasteiger partial charge in [-0.25, -0.2) is 13.1 Å². The zero-order valence-corrected chi connectivity index (χ0v) is 19.0. The second kappa shape index (κ2) is 10.2. The molecule has 0 heterocycles. The molecule has 164 valence electrons. The molecular weight excluding hydrogens is 408 g/mol. The third-order valence-electron chi connectivity index (χ3n) is 5.59. The van der Waals surface area contributed by atoms with Gasteiger partial charge in [0.25, 0.3) is 0 Å². The largest absolute Gasteiger partial charge is 0.387 e. The Bertz CT molecular complexity index is 1050. The summed E-state index contributed by atoms with van der Waals surface area (Å²) in [4.78, 5) is 2.21. The van der Waals surface area contributed by atoms with E-state index in [-0.39, 0.29) is 10.9 Å². The number of hydrogen-bond acceptors (Lipinski definition) is 4. The van der Waals surface area contributed by atoms with Crippen molar-refractivity contribution in [2.75, 3.05) is 13.6 Å². The summed E-state index contributed by atoms with van der Waals surface area (Å²) >= 11 is 0. The average molecular weight is 439 g/mol. The molecule has 0 amide bonds. The zero-order chi connectivity index (χ0) is 22.4. The minimum absolute atomic E-state index is 0.211. The molecule has 0 aliphatic rings. The Hall–Kier alpha value is -2.51. The van der Waals surface area contributed by atoms with Crippen molar-refractivity contribution >= 4 is 10.0 Å². The summed E-state index contributed by atoms with van der Waals surface area (Å²) < 4.78 is 29.0. The van der Waals surface area contributed by atoms with Crippen LogP contribution in [0, 0.1) is 6.92 Å². The average Bonchev–Trinajstić information content (AvgIpc) is 2.79. The number of sulfonamides is 1. The molecule has 0 saturated heterocycles. The molecule has 0 radical (unpaired) electrons. The summed E-state index contributed by atoms with van der Waals surface area (Å²) in [6, 6.07) is 25.1. The molecule has 6 heteroatoms. The predicted molar refractivity (Wildman–Crippen MR) is 124 cm³/mol. The highest BCUT2D eigenvalue weighted by molar-refractivity contribution is 7.89. The summed E-state index contributed by atoms with van der Waals surface area (Å²) in [6.07, 6.45) is -0.684. The van der Waals surface area contributed by atoms with Gasteiger partial charge < -0.3 is 5.11 Å². The van der Waals surface area contributed by atoms with Crippen LogP contribution >= 0.6 is 0 Å². The van der Waals surface area contributed by atoms with Crippen LogP contribution in [-0.4, -0.2) is 38.1 Å². The number of aliphatic hydroxyl groups is 1. The standard InChI is InChI=1S/C25H30N2O3S/c1-19-14-16-23(17-15-19)31(29,30)26-24(21-10-6-4-7-11-21)18-27(3)20(2)25(28)22-12-8-5-9-13-22/h4-17,20,24-26,28H,18H2,1-3H3/t20-,24-,25-/m0/s1. The van der Waals surface area contributed by atoms with Gasteiger partial charge in [0.1, 0.15) is 0 Å². The molecule has 0 fully saturated rings. The van der Waals surface area contributed by atoms with E-state index >= 15 is 0 Å². The molecule has 3 aromatic carbocycles. The van der Waals surface area contributed by atoms with Gasteiger partial charge in [0.2, 0.25) is 10.0 Å². The zero-order valence-electron chi connectivity index (χ0n) is 18.1. The van der Waals surface area contributed by atoms with Gasteiger partial charge in [-0.1, -0.05) is 78.4 Å². The summed E-state index contributed by atoms with van der Waals surface area (Å²) in [5, 5.41) is 10.8. The maximum absolute atomic E-state index is 13.1. The van der Waals surface area contributed by atoms with Crippen molar-refractivity contribution in [2.45, 2.75) is 36.9 Å². The van der Waals surface area contributed by atoms with E-state index in [1.807, 2.05) is 86.5 Å². The number of rotatable bonds is 9. The van der Waals surface area contributed by atoms with Crippen LogP contribution in [0.5, 0.6) is 0 Å². The van der Waals surface area contributed by atoms with E-state index in [0.717, 1.165) is 16.7 Å². The fraction of sp³-hybridized carbons (Fsp3) is 0.280. The second-order valence-electron chi connectivity index (χ2n) is 7.93. The lowest BCUT2D eigenvalue weighted by Gasteiger charge is -2.32. The van der Waals surface area contributed by atoms with Crippen LogP contribution < -0.4 is 4.72 Å². The van der Waals surface area contributed by atoms with E-state index < -0.39 is 22.2 Å². The van der Waals surface area contributed by atoms with E-state index in [1.165, 1.54) is 0 Å². The van der Waals surface area contributed by atoms with Crippen molar-refractivity contribution in [3.8, 4) is 0 Å². The highest BCUT2D eigenvalue weighted by Gasteiger charge is 2.26. The van der Waals surface area contributed by atoms with E-state index in [0.29, 0.717) is 6.54 Å². The minimum Gasteiger partial charge on any atom is -0.387 e. The van der Waals surface area contributed by atoms with Gasteiger partial charge in [0.15, 0.2) is 0 Å². The lowest BCUT2D eigenvalue weighted by atomic mass is 10.0.